The number of aliphatic hydroxyl groups is 1. The lowest BCUT2D eigenvalue weighted by molar-refractivity contribution is -0.155. The minimum atomic E-state index is -1.65. The molecule has 1 amide bonds. The van der Waals surface area contributed by atoms with Crippen molar-refractivity contribution in [1.82, 2.24) is 5.32 Å². The molecule has 0 spiro atoms. The number of carbonyl (C=O) groups is 2. The van der Waals surface area contributed by atoms with E-state index < -0.39 is 29.1 Å². The normalized spacial score (nSPS) is 17.4. The van der Waals surface area contributed by atoms with E-state index in [1.165, 1.54) is 14.2 Å². The van der Waals surface area contributed by atoms with Gasteiger partial charge in [0, 0.05) is 52.7 Å². The van der Waals surface area contributed by atoms with Crippen LogP contribution in [0.25, 0.3) is 0 Å². The van der Waals surface area contributed by atoms with Crippen molar-refractivity contribution in [3.05, 3.63) is 87.4 Å². The molecule has 10 nitrogen and oxygen atoms in total. The maximum Gasteiger partial charge on any atom is 0.306 e. The Hall–Kier alpha value is -3.99. The summed E-state index contributed by atoms with van der Waals surface area (Å²) in [7, 11) is 3.06. The molecule has 47 heavy (non-hydrogen) atoms. The number of para-hydroxylation sites is 1. The third-order valence-corrected chi connectivity index (χ3v) is 7.89. The smallest absolute Gasteiger partial charge is 0.306 e. The molecule has 3 aromatic carbocycles. The van der Waals surface area contributed by atoms with Crippen LogP contribution >= 0.6 is 23.2 Å². The Balaban J connectivity index is 1.77. The minimum Gasteiger partial charge on any atom is -0.494 e. The summed E-state index contributed by atoms with van der Waals surface area (Å²) in [5, 5.41) is 12.7. The highest BCUT2D eigenvalue weighted by molar-refractivity contribution is 6.35. The number of hydrogen-bond acceptors (Lipinski definition) is 9. The van der Waals surface area contributed by atoms with Gasteiger partial charge >= 0.3 is 5.97 Å². The van der Waals surface area contributed by atoms with Crippen LogP contribution in [0.3, 0.4) is 0 Å². The lowest BCUT2D eigenvalue weighted by Gasteiger charge is -2.31. The van der Waals surface area contributed by atoms with Crippen molar-refractivity contribution >= 4 is 41.0 Å². The fourth-order valence-electron chi connectivity index (χ4n) is 5.17. The number of aliphatic imine (C=N–C) groups is 1. The maximum absolute atomic E-state index is 14.5. The summed E-state index contributed by atoms with van der Waals surface area (Å²) in [5.74, 6) is 0.774. The molecule has 12 heteroatoms. The van der Waals surface area contributed by atoms with Gasteiger partial charge < -0.3 is 34.1 Å². The van der Waals surface area contributed by atoms with Crippen molar-refractivity contribution in [2.75, 3.05) is 27.4 Å². The van der Waals surface area contributed by atoms with E-state index in [1.807, 2.05) is 6.07 Å². The summed E-state index contributed by atoms with van der Waals surface area (Å²) in [4.78, 5) is 32.4. The molecule has 1 aliphatic rings. The summed E-state index contributed by atoms with van der Waals surface area (Å²) < 4.78 is 28.7. The zero-order chi connectivity index (χ0) is 34.2. The molecular formula is C35H40Cl2N2O8. The Bertz CT molecular complexity index is 1590. The largest absolute Gasteiger partial charge is 0.494 e. The molecule has 2 atom stereocenters. The number of rotatable bonds is 14. The zero-order valence-electron chi connectivity index (χ0n) is 27.1. The fourth-order valence-corrected chi connectivity index (χ4v) is 5.68. The summed E-state index contributed by atoms with van der Waals surface area (Å²) in [6.45, 7) is 5.77. The van der Waals surface area contributed by atoms with Crippen LogP contribution in [0.15, 0.2) is 65.7 Å². The number of benzene rings is 3. The summed E-state index contributed by atoms with van der Waals surface area (Å²) in [6.07, 6.45) is -0.722. The molecule has 4 rings (SSSR count). The van der Waals surface area contributed by atoms with Gasteiger partial charge in [-0.2, -0.15) is 0 Å². The van der Waals surface area contributed by atoms with E-state index >= 15 is 0 Å². The standard InChI is InChI=1S/C35H40Cl2N2O8/c1-34(2,3)47-29(41)16-17-35(33(42)38-21-23-8-6-9-28(43-4)30(23)44-5)31(26-15-12-24(36)20-27(26)37)46-32(39-35)22-10-13-25(14-11-22)45-19-7-18-40/h6,8-15,20,31,40H,7,16-19,21H2,1-5H3,(H,38,42)/t31-,35-/m1/s1. The zero-order valence-corrected chi connectivity index (χ0v) is 28.6. The molecule has 1 heterocycles. The summed E-state index contributed by atoms with van der Waals surface area (Å²) in [5.41, 5.74) is -0.654. The van der Waals surface area contributed by atoms with Crippen molar-refractivity contribution in [3.8, 4) is 17.2 Å². The van der Waals surface area contributed by atoms with Crippen LogP contribution in [0.5, 0.6) is 17.2 Å². The van der Waals surface area contributed by atoms with E-state index in [4.69, 9.17) is 57.0 Å². The van der Waals surface area contributed by atoms with Crippen LogP contribution in [0.1, 0.15) is 62.8 Å². The highest BCUT2D eigenvalue weighted by Gasteiger charge is 2.54. The topological polar surface area (TPSA) is 125 Å². The van der Waals surface area contributed by atoms with Crippen LogP contribution < -0.4 is 19.5 Å². The van der Waals surface area contributed by atoms with Gasteiger partial charge in [-0.1, -0.05) is 41.4 Å². The van der Waals surface area contributed by atoms with Crippen molar-refractivity contribution in [1.29, 1.82) is 0 Å². The second kappa shape index (κ2) is 15.7. The number of aliphatic hydroxyl groups excluding tert-OH is 1. The Kier molecular flexibility index (Phi) is 12.0. The molecule has 3 aromatic rings. The Morgan fingerprint density at radius 3 is 2.43 bits per heavy atom. The molecule has 0 unspecified atom stereocenters. The first-order valence-electron chi connectivity index (χ1n) is 15.2. The van der Waals surface area contributed by atoms with Gasteiger partial charge in [0.1, 0.15) is 11.4 Å². The molecule has 2 N–H and O–H groups in total. The molecule has 0 saturated carbocycles. The lowest BCUT2D eigenvalue weighted by Crippen LogP contribution is -2.48. The predicted octanol–water partition coefficient (Wildman–Crippen LogP) is 6.47. The second-order valence-corrected chi connectivity index (χ2v) is 12.7. The molecule has 252 valence electrons. The number of carbonyl (C=O) groups excluding carboxylic acids is 2. The number of nitrogens with one attached hydrogen (secondary N) is 1. The van der Waals surface area contributed by atoms with Crippen molar-refractivity contribution in [3.63, 3.8) is 0 Å². The van der Waals surface area contributed by atoms with E-state index in [1.54, 1.807) is 75.4 Å². The number of methoxy groups -OCH3 is 2. The third-order valence-electron chi connectivity index (χ3n) is 7.33. The molecule has 0 aromatic heterocycles. The van der Waals surface area contributed by atoms with E-state index in [0.29, 0.717) is 52.0 Å². The van der Waals surface area contributed by atoms with E-state index in [2.05, 4.69) is 5.32 Å². The van der Waals surface area contributed by atoms with E-state index in [-0.39, 0.29) is 36.9 Å². The first kappa shape index (κ1) is 35.9. The van der Waals surface area contributed by atoms with Crippen molar-refractivity contribution in [2.45, 2.75) is 63.8 Å². The Morgan fingerprint density at radius 2 is 1.79 bits per heavy atom. The van der Waals surface area contributed by atoms with Crippen LogP contribution in [0.4, 0.5) is 0 Å². The van der Waals surface area contributed by atoms with Crippen molar-refractivity contribution < 1.29 is 38.4 Å². The molecule has 0 aliphatic carbocycles. The van der Waals surface area contributed by atoms with Crippen LogP contribution in [-0.4, -0.2) is 61.5 Å². The molecule has 0 radical (unpaired) electrons. The van der Waals surface area contributed by atoms with Gasteiger partial charge in [-0.15, -0.1) is 0 Å². The first-order valence-corrected chi connectivity index (χ1v) is 15.9. The number of nitrogens with zero attached hydrogens (tertiary/aromatic N) is 1. The molecule has 1 aliphatic heterocycles. The SMILES string of the molecule is COc1cccc(CNC(=O)[C@]2(CCC(=O)OC(C)(C)C)N=C(c3ccc(OCCCO)cc3)O[C@@H]2c2ccc(Cl)cc2Cl)c1OC. The lowest BCUT2D eigenvalue weighted by atomic mass is 9.83. The summed E-state index contributed by atoms with van der Waals surface area (Å²) >= 11 is 12.9. The van der Waals surface area contributed by atoms with Gasteiger partial charge in [0.05, 0.1) is 20.8 Å². The van der Waals surface area contributed by atoms with Crippen molar-refractivity contribution in [2.24, 2.45) is 4.99 Å². The Morgan fingerprint density at radius 1 is 1.04 bits per heavy atom. The van der Waals surface area contributed by atoms with Gasteiger partial charge in [-0.3, -0.25) is 9.59 Å². The van der Waals surface area contributed by atoms with Crippen LogP contribution in [0, 0.1) is 0 Å². The number of hydrogen-bond donors (Lipinski definition) is 2. The van der Waals surface area contributed by atoms with E-state index in [0.717, 1.165) is 0 Å². The molecule has 0 bridgehead atoms. The molecule has 0 saturated heterocycles. The van der Waals surface area contributed by atoms with Gasteiger partial charge in [-0.25, -0.2) is 4.99 Å². The first-order chi connectivity index (χ1) is 22.4. The second-order valence-electron chi connectivity index (χ2n) is 11.9. The number of amides is 1. The third kappa shape index (κ3) is 8.88. The molecule has 0 fully saturated rings. The number of esters is 1. The minimum absolute atomic E-state index is 0.0232. The quantitative estimate of drug-likeness (QED) is 0.146. The predicted molar refractivity (Wildman–Crippen MR) is 180 cm³/mol. The van der Waals surface area contributed by atoms with Gasteiger partial charge in [-0.05, 0) is 69.7 Å². The van der Waals surface area contributed by atoms with Crippen LogP contribution in [0.2, 0.25) is 10.0 Å². The average Bonchev–Trinajstić information content (AvgIpc) is 3.42. The molecular weight excluding hydrogens is 647 g/mol. The van der Waals surface area contributed by atoms with Gasteiger partial charge in [0.2, 0.25) is 5.90 Å². The monoisotopic (exact) mass is 686 g/mol. The number of ether oxygens (including phenoxy) is 5. The Labute approximate surface area is 284 Å². The van der Waals surface area contributed by atoms with Crippen LogP contribution in [-0.2, 0) is 25.6 Å². The highest BCUT2D eigenvalue weighted by Crippen LogP contribution is 2.46. The van der Waals surface area contributed by atoms with Gasteiger partial charge in [0.25, 0.3) is 5.91 Å². The van der Waals surface area contributed by atoms with Gasteiger partial charge in [0.15, 0.2) is 23.1 Å². The fraction of sp³-hybridized carbons (Fsp3) is 0.400. The summed E-state index contributed by atoms with van der Waals surface area (Å²) in [6, 6.07) is 17.3. The maximum atomic E-state index is 14.5. The van der Waals surface area contributed by atoms with E-state index in [9.17, 15) is 9.59 Å². The average molecular weight is 688 g/mol. The number of halogens is 2. The highest BCUT2D eigenvalue weighted by atomic mass is 35.5.